The molecule has 0 aliphatic carbocycles. The van der Waals surface area contributed by atoms with Crippen LogP contribution in [0.2, 0.25) is 0 Å². The number of carbonyl (C=O) groups is 1. The molecule has 0 fully saturated rings. The van der Waals surface area contributed by atoms with Crippen LogP contribution in [-0.2, 0) is 4.79 Å². The largest absolute Gasteiger partial charge is 0.352 e. The van der Waals surface area contributed by atoms with Gasteiger partial charge in [-0.1, -0.05) is 13.0 Å². The van der Waals surface area contributed by atoms with Gasteiger partial charge >= 0.3 is 0 Å². The minimum atomic E-state index is -0.524. The second-order valence-corrected chi connectivity index (χ2v) is 4.29. The predicted octanol–water partition coefficient (Wildman–Crippen LogP) is 1.66. The van der Waals surface area contributed by atoms with Gasteiger partial charge in [0, 0.05) is 10.9 Å². The lowest BCUT2D eigenvalue weighted by Gasteiger charge is -2.15. The van der Waals surface area contributed by atoms with Crippen LogP contribution in [0.4, 0.5) is 0 Å². The van der Waals surface area contributed by atoms with Crippen LogP contribution < -0.4 is 11.1 Å². The summed E-state index contributed by atoms with van der Waals surface area (Å²) in [5, 5.41) is 4.78. The highest BCUT2D eigenvalue weighted by Gasteiger charge is 2.17. The molecule has 1 rings (SSSR count). The lowest BCUT2D eigenvalue weighted by molar-refractivity contribution is -0.123. The van der Waals surface area contributed by atoms with Crippen molar-refractivity contribution in [3.8, 4) is 0 Å². The predicted molar refractivity (Wildman–Crippen MR) is 59.1 cm³/mol. The van der Waals surface area contributed by atoms with Crippen LogP contribution in [0.25, 0.3) is 0 Å². The maximum Gasteiger partial charge on any atom is 0.242 e. The quantitative estimate of drug-likeness (QED) is 0.797. The molecular weight excluding hydrogens is 196 g/mol. The molecule has 0 bridgehead atoms. The van der Waals surface area contributed by atoms with E-state index in [0.717, 1.165) is 11.3 Å². The fraction of sp³-hybridized carbons (Fsp3) is 0.500. The molecule has 1 aromatic rings. The highest BCUT2D eigenvalue weighted by Crippen LogP contribution is 2.16. The zero-order chi connectivity index (χ0) is 10.6. The Morgan fingerprint density at radius 3 is 2.93 bits per heavy atom. The smallest absolute Gasteiger partial charge is 0.242 e. The van der Waals surface area contributed by atoms with E-state index in [-0.39, 0.29) is 11.9 Å². The monoisotopic (exact) mass is 212 g/mol. The van der Waals surface area contributed by atoms with Crippen LogP contribution in [0.1, 0.15) is 31.2 Å². The summed E-state index contributed by atoms with van der Waals surface area (Å²) in [5.74, 6) is -0.0956. The van der Waals surface area contributed by atoms with Crippen molar-refractivity contribution in [3.63, 3.8) is 0 Å². The van der Waals surface area contributed by atoms with Crippen LogP contribution >= 0.6 is 11.3 Å². The molecule has 4 heteroatoms. The number of amides is 1. The number of nitrogens with two attached hydrogens (primary N) is 1. The summed E-state index contributed by atoms with van der Waals surface area (Å²) in [7, 11) is 0. The minimum Gasteiger partial charge on any atom is -0.352 e. The van der Waals surface area contributed by atoms with Crippen LogP contribution in [-0.4, -0.2) is 11.9 Å². The molecule has 0 aliphatic heterocycles. The molecule has 14 heavy (non-hydrogen) atoms. The van der Waals surface area contributed by atoms with Crippen molar-refractivity contribution in [2.45, 2.75) is 32.4 Å². The number of carbonyl (C=O) groups excluding carboxylic acids is 1. The van der Waals surface area contributed by atoms with Gasteiger partial charge < -0.3 is 11.1 Å². The van der Waals surface area contributed by atoms with Gasteiger partial charge in [0.1, 0.15) is 6.04 Å². The van der Waals surface area contributed by atoms with Crippen LogP contribution in [0.5, 0.6) is 0 Å². The van der Waals surface area contributed by atoms with Gasteiger partial charge in [0.05, 0.1) is 0 Å². The highest BCUT2D eigenvalue weighted by atomic mass is 32.1. The summed E-state index contributed by atoms with van der Waals surface area (Å²) >= 11 is 1.51. The van der Waals surface area contributed by atoms with E-state index in [4.69, 9.17) is 5.73 Å². The second-order valence-electron chi connectivity index (χ2n) is 3.31. The molecule has 0 aliphatic rings. The standard InChI is InChI=1S/C10H16N2OS/c1-3-7(2)12-10(13)9(11)8-5-4-6-14-8/h4-7,9H,3,11H2,1-2H3,(H,12,13). The molecule has 0 saturated carbocycles. The number of nitrogens with one attached hydrogen (secondary N) is 1. The zero-order valence-corrected chi connectivity index (χ0v) is 9.30. The average Bonchev–Trinajstić information content (AvgIpc) is 2.69. The van der Waals surface area contributed by atoms with Gasteiger partial charge in [-0.2, -0.15) is 0 Å². The van der Waals surface area contributed by atoms with Crippen LogP contribution in [0.3, 0.4) is 0 Å². The first-order valence-electron chi connectivity index (χ1n) is 4.74. The summed E-state index contributed by atoms with van der Waals surface area (Å²) < 4.78 is 0. The molecule has 2 atom stereocenters. The van der Waals surface area contributed by atoms with Crippen LogP contribution in [0, 0.1) is 0 Å². The van der Waals surface area contributed by atoms with E-state index in [1.165, 1.54) is 11.3 Å². The molecule has 78 valence electrons. The van der Waals surface area contributed by atoms with E-state index in [0.29, 0.717) is 0 Å². The van der Waals surface area contributed by atoms with E-state index >= 15 is 0 Å². The fourth-order valence-electron chi connectivity index (χ4n) is 1.03. The minimum absolute atomic E-state index is 0.0956. The molecule has 0 radical (unpaired) electrons. The first-order chi connectivity index (χ1) is 6.65. The fourth-order valence-corrected chi connectivity index (χ4v) is 1.76. The van der Waals surface area contributed by atoms with Crippen molar-refractivity contribution in [1.82, 2.24) is 5.32 Å². The van der Waals surface area contributed by atoms with Crippen molar-refractivity contribution in [3.05, 3.63) is 22.4 Å². The Balaban J connectivity index is 2.53. The summed E-state index contributed by atoms with van der Waals surface area (Å²) in [6, 6.07) is 3.44. The van der Waals surface area contributed by atoms with Gasteiger partial charge in [0.15, 0.2) is 0 Å². The van der Waals surface area contributed by atoms with E-state index in [2.05, 4.69) is 5.32 Å². The van der Waals surface area contributed by atoms with Crippen molar-refractivity contribution < 1.29 is 4.79 Å². The van der Waals surface area contributed by atoms with E-state index in [1.54, 1.807) is 0 Å². The van der Waals surface area contributed by atoms with Gasteiger partial charge in [-0.25, -0.2) is 0 Å². The van der Waals surface area contributed by atoms with Gasteiger partial charge in [-0.3, -0.25) is 4.79 Å². The maximum absolute atomic E-state index is 11.6. The number of hydrogen-bond donors (Lipinski definition) is 2. The van der Waals surface area contributed by atoms with E-state index < -0.39 is 6.04 Å². The summed E-state index contributed by atoms with van der Waals surface area (Å²) in [6.07, 6.45) is 0.920. The molecule has 3 N–H and O–H groups in total. The summed E-state index contributed by atoms with van der Waals surface area (Å²) in [4.78, 5) is 12.5. The third kappa shape index (κ3) is 2.82. The van der Waals surface area contributed by atoms with E-state index in [1.807, 2.05) is 31.4 Å². The van der Waals surface area contributed by atoms with Crippen molar-refractivity contribution in [1.29, 1.82) is 0 Å². The molecule has 3 nitrogen and oxygen atoms in total. The molecule has 1 heterocycles. The second kappa shape index (κ2) is 5.12. The highest BCUT2D eigenvalue weighted by molar-refractivity contribution is 7.10. The maximum atomic E-state index is 11.6. The van der Waals surface area contributed by atoms with Gasteiger partial charge in [-0.05, 0) is 24.8 Å². The number of thiophene rings is 1. The lowest BCUT2D eigenvalue weighted by atomic mass is 10.2. The third-order valence-electron chi connectivity index (χ3n) is 2.13. The zero-order valence-electron chi connectivity index (χ0n) is 8.49. The summed E-state index contributed by atoms with van der Waals surface area (Å²) in [5.41, 5.74) is 5.78. The SMILES string of the molecule is CCC(C)NC(=O)C(N)c1cccs1. The summed E-state index contributed by atoms with van der Waals surface area (Å²) in [6.45, 7) is 4.00. The van der Waals surface area contributed by atoms with E-state index in [9.17, 15) is 4.79 Å². The Kier molecular flexibility index (Phi) is 4.10. The molecule has 2 unspecified atom stereocenters. The Bertz CT molecular complexity index is 284. The Labute approximate surface area is 88.3 Å². The Morgan fingerprint density at radius 1 is 1.71 bits per heavy atom. The first kappa shape index (κ1) is 11.2. The Hall–Kier alpha value is -0.870. The molecule has 0 aromatic carbocycles. The van der Waals surface area contributed by atoms with Crippen molar-refractivity contribution >= 4 is 17.2 Å². The molecule has 0 saturated heterocycles. The number of rotatable bonds is 4. The average molecular weight is 212 g/mol. The van der Waals surface area contributed by atoms with Gasteiger partial charge in [0.25, 0.3) is 0 Å². The molecule has 0 spiro atoms. The molecule has 1 amide bonds. The third-order valence-corrected chi connectivity index (χ3v) is 3.09. The van der Waals surface area contributed by atoms with Crippen molar-refractivity contribution in [2.75, 3.05) is 0 Å². The number of hydrogen-bond acceptors (Lipinski definition) is 3. The topological polar surface area (TPSA) is 55.1 Å². The van der Waals surface area contributed by atoms with Crippen LogP contribution in [0.15, 0.2) is 17.5 Å². The lowest BCUT2D eigenvalue weighted by Crippen LogP contribution is -2.38. The van der Waals surface area contributed by atoms with Gasteiger partial charge in [-0.15, -0.1) is 11.3 Å². The normalized spacial score (nSPS) is 14.8. The van der Waals surface area contributed by atoms with Crippen molar-refractivity contribution in [2.24, 2.45) is 5.73 Å². The first-order valence-corrected chi connectivity index (χ1v) is 5.62. The van der Waals surface area contributed by atoms with Gasteiger partial charge in [0.2, 0.25) is 5.91 Å². The Morgan fingerprint density at radius 2 is 2.43 bits per heavy atom. The molecular formula is C10H16N2OS. The molecule has 1 aromatic heterocycles.